The zero-order valence-electron chi connectivity index (χ0n) is 11.5. The van der Waals surface area contributed by atoms with Crippen LogP contribution >= 0.6 is 23.2 Å². The first-order valence-corrected chi connectivity index (χ1v) is 7.54. The van der Waals surface area contributed by atoms with Gasteiger partial charge in [-0.05, 0) is 30.5 Å². The van der Waals surface area contributed by atoms with Gasteiger partial charge in [0.15, 0.2) is 0 Å². The van der Waals surface area contributed by atoms with E-state index >= 15 is 0 Å². The van der Waals surface area contributed by atoms with E-state index in [4.69, 9.17) is 23.2 Å². The summed E-state index contributed by atoms with van der Waals surface area (Å²) in [6.45, 7) is 0. The van der Waals surface area contributed by atoms with Crippen LogP contribution in [0.5, 0.6) is 0 Å². The van der Waals surface area contributed by atoms with Gasteiger partial charge < -0.3 is 9.88 Å². The number of hydrogen-bond donors (Lipinski definition) is 1. The van der Waals surface area contributed by atoms with E-state index in [-0.39, 0.29) is 17.9 Å². The molecule has 1 heterocycles. The molecule has 1 saturated carbocycles. The number of hydrogen-bond acceptors (Lipinski definition) is 2. The first kappa shape index (κ1) is 14.4. The van der Waals surface area contributed by atoms with Gasteiger partial charge >= 0.3 is 0 Å². The van der Waals surface area contributed by atoms with E-state index in [1.165, 1.54) is 0 Å². The molecule has 1 atom stereocenters. The highest BCUT2D eigenvalue weighted by Gasteiger charge is 2.32. The van der Waals surface area contributed by atoms with Crippen molar-refractivity contribution in [2.75, 3.05) is 0 Å². The van der Waals surface area contributed by atoms with Crippen LogP contribution in [0.1, 0.15) is 30.3 Å². The number of halogens is 2. The van der Waals surface area contributed by atoms with E-state index in [9.17, 15) is 4.79 Å². The standard InChI is InChI=1S/C15H15Cl2N3O/c1-20-7-6-18-14(20)13(19-15(21)9-2-3-9)10-4-5-11(16)12(17)8-10/h4-9,13H,2-3H2,1H3,(H,19,21). The molecule has 0 saturated heterocycles. The molecule has 1 unspecified atom stereocenters. The molecule has 1 aliphatic rings. The lowest BCUT2D eigenvalue weighted by Crippen LogP contribution is -2.32. The monoisotopic (exact) mass is 323 g/mol. The van der Waals surface area contributed by atoms with Crippen LogP contribution in [-0.4, -0.2) is 15.5 Å². The maximum absolute atomic E-state index is 12.1. The zero-order valence-corrected chi connectivity index (χ0v) is 13.0. The Kier molecular flexibility index (Phi) is 3.91. The number of imidazole rings is 1. The molecule has 0 spiro atoms. The minimum absolute atomic E-state index is 0.0640. The number of amides is 1. The Morgan fingerprint density at radius 3 is 2.71 bits per heavy atom. The zero-order chi connectivity index (χ0) is 15.0. The fourth-order valence-electron chi connectivity index (χ4n) is 2.25. The van der Waals surface area contributed by atoms with Crippen molar-refractivity contribution < 1.29 is 4.79 Å². The highest BCUT2D eigenvalue weighted by Crippen LogP contribution is 2.32. The number of nitrogens with zero attached hydrogens (tertiary/aromatic N) is 2. The Labute approximate surface area is 133 Å². The summed E-state index contributed by atoms with van der Waals surface area (Å²) in [6, 6.07) is 5.04. The van der Waals surface area contributed by atoms with E-state index in [2.05, 4.69) is 10.3 Å². The normalized spacial score (nSPS) is 15.8. The van der Waals surface area contributed by atoms with Gasteiger partial charge in [-0.15, -0.1) is 0 Å². The summed E-state index contributed by atoms with van der Waals surface area (Å²) in [5, 5.41) is 4.02. The SMILES string of the molecule is Cn1ccnc1C(NC(=O)C1CC1)c1ccc(Cl)c(Cl)c1. The second kappa shape index (κ2) is 5.70. The molecule has 110 valence electrons. The molecule has 1 amide bonds. The maximum Gasteiger partial charge on any atom is 0.223 e. The average Bonchev–Trinajstić information content (AvgIpc) is 3.22. The lowest BCUT2D eigenvalue weighted by molar-refractivity contribution is -0.122. The molecule has 1 fully saturated rings. The molecule has 1 aromatic carbocycles. The molecule has 6 heteroatoms. The summed E-state index contributed by atoms with van der Waals surface area (Å²) in [5.41, 5.74) is 0.868. The van der Waals surface area contributed by atoms with Gasteiger partial charge in [0.25, 0.3) is 0 Å². The Hall–Kier alpha value is -1.52. The van der Waals surface area contributed by atoms with Crippen molar-refractivity contribution >= 4 is 29.1 Å². The van der Waals surface area contributed by atoms with Crippen LogP contribution in [0.4, 0.5) is 0 Å². The predicted molar refractivity (Wildman–Crippen MR) is 82.4 cm³/mol. The molecule has 1 aromatic heterocycles. The van der Waals surface area contributed by atoms with Crippen molar-refractivity contribution in [2.24, 2.45) is 13.0 Å². The summed E-state index contributed by atoms with van der Waals surface area (Å²) in [4.78, 5) is 16.5. The molecule has 0 bridgehead atoms. The minimum atomic E-state index is -0.326. The van der Waals surface area contributed by atoms with Gasteiger partial charge in [0.2, 0.25) is 5.91 Å². The lowest BCUT2D eigenvalue weighted by atomic mass is 10.1. The van der Waals surface area contributed by atoms with Crippen LogP contribution in [0.25, 0.3) is 0 Å². The molecule has 4 nitrogen and oxygen atoms in total. The van der Waals surface area contributed by atoms with Gasteiger partial charge in [0.1, 0.15) is 11.9 Å². The molecular formula is C15H15Cl2N3O. The van der Waals surface area contributed by atoms with E-state index in [0.717, 1.165) is 24.2 Å². The summed E-state index contributed by atoms with van der Waals surface area (Å²) >= 11 is 12.1. The number of nitrogens with one attached hydrogen (secondary N) is 1. The van der Waals surface area contributed by atoms with Crippen molar-refractivity contribution in [1.29, 1.82) is 0 Å². The van der Waals surface area contributed by atoms with Crippen LogP contribution in [0.15, 0.2) is 30.6 Å². The fraction of sp³-hybridized carbons (Fsp3) is 0.333. The number of carbonyl (C=O) groups is 1. The largest absolute Gasteiger partial charge is 0.342 e. The van der Waals surface area contributed by atoms with Gasteiger partial charge in [-0.25, -0.2) is 4.98 Å². The fourth-order valence-corrected chi connectivity index (χ4v) is 2.56. The second-order valence-corrected chi connectivity index (χ2v) is 6.10. The maximum atomic E-state index is 12.1. The third-order valence-corrected chi connectivity index (χ3v) is 4.37. The molecule has 21 heavy (non-hydrogen) atoms. The number of aromatic nitrogens is 2. The highest BCUT2D eigenvalue weighted by molar-refractivity contribution is 6.42. The van der Waals surface area contributed by atoms with Crippen LogP contribution in [0, 0.1) is 5.92 Å². The van der Waals surface area contributed by atoms with E-state index in [1.54, 1.807) is 18.3 Å². The Morgan fingerprint density at radius 1 is 1.38 bits per heavy atom. The summed E-state index contributed by atoms with van der Waals surface area (Å²) in [5.74, 6) is 0.965. The quantitative estimate of drug-likeness (QED) is 0.937. The molecule has 1 N–H and O–H groups in total. The van der Waals surface area contributed by atoms with Gasteiger partial charge in [-0.3, -0.25) is 4.79 Å². The molecule has 0 aliphatic heterocycles. The molecule has 3 rings (SSSR count). The Bertz CT molecular complexity index is 679. The molecule has 1 aliphatic carbocycles. The van der Waals surface area contributed by atoms with E-state index < -0.39 is 0 Å². The van der Waals surface area contributed by atoms with Gasteiger partial charge in [-0.1, -0.05) is 29.3 Å². The van der Waals surface area contributed by atoms with Crippen LogP contribution < -0.4 is 5.32 Å². The summed E-state index contributed by atoms with van der Waals surface area (Å²) in [7, 11) is 1.90. The van der Waals surface area contributed by atoms with Crippen molar-refractivity contribution in [1.82, 2.24) is 14.9 Å². The minimum Gasteiger partial charge on any atom is -0.342 e. The van der Waals surface area contributed by atoms with Crippen LogP contribution in [-0.2, 0) is 11.8 Å². The Morgan fingerprint density at radius 2 is 2.14 bits per heavy atom. The van der Waals surface area contributed by atoms with Gasteiger partial charge in [0, 0.05) is 25.4 Å². The summed E-state index contributed by atoms with van der Waals surface area (Å²) in [6.07, 6.45) is 5.48. The van der Waals surface area contributed by atoms with Crippen molar-refractivity contribution in [3.8, 4) is 0 Å². The third-order valence-electron chi connectivity index (χ3n) is 3.63. The van der Waals surface area contributed by atoms with Crippen LogP contribution in [0.3, 0.4) is 0 Å². The average molecular weight is 324 g/mol. The summed E-state index contributed by atoms with van der Waals surface area (Å²) < 4.78 is 1.89. The van der Waals surface area contributed by atoms with Crippen LogP contribution in [0.2, 0.25) is 10.0 Å². The highest BCUT2D eigenvalue weighted by atomic mass is 35.5. The number of aryl methyl sites for hydroxylation is 1. The number of carbonyl (C=O) groups excluding carboxylic acids is 1. The first-order valence-electron chi connectivity index (χ1n) is 6.79. The van der Waals surface area contributed by atoms with E-state index in [0.29, 0.717) is 10.0 Å². The first-order chi connectivity index (χ1) is 10.1. The van der Waals surface area contributed by atoms with Crippen molar-refractivity contribution in [3.63, 3.8) is 0 Å². The topological polar surface area (TPSA) is 46.9 Å². The Balaban J connectivity index is 1.96. The van der Waals surface area contributed by atoms with Gasteiger partial charge in [0.05, 0.1) is 10.0 Å². The van der Waals surface area contributed by atoms with E-state index in [1.807, 2.05) is 23.9 Å². The molecule has 0 radical (unpaired) electrons. The molecule has 2 aromatic rings. The second-order valence-electron chi connectivity index (χ2n) is 5.29. The predicted octanol–water partition coefficient (Wildman–Crippen LogP) is 3.34. The molecular weight excluding hydrogens is 309 g/mol. The lowest BCUT2D eigenvalue weighted by Gasteiger charge is -2.19. The smallest absolute Gasteiger partial charge is 0.223 e. The number of rotatable bonds is 4. The van der Waals surface area contributed by atoms with Crippen molar-refractivity contribution in [2.45, 2.75) is 18.9 Å². The van der Waals surface area contributed by atoms with Crippen molar-refractivity contribution in [3.05, 3.63) is 52.0 Å². The van der Waals surface area contributed by atoms with Gasteiger partial charge in [-0.2, -0.15) is 0 Å². The number of benzene rings is 1. The third kappa shape index (κ3) is 3.06.